The number of nitrogens with zero attached hydrogens (tertiary/aromatic N) is 2. The molecule has 0 saturated carbocycles. The molecule has 2 atom stereocenters. The average Bonchev–Trinajstić information content (AvgIpc) is 2.98. The van der Waals surface area contributed by atoms with Gasteiger partial charge in [-0.1, -0.05) is 0 Å². The molecule has 0 aromatic carbocycles. The maximum absolute atomic E-state index is 13.3. The number of rotatable bonds is 2. The smallest absolute Gasteiger partial charge is 0.377 e. The van der Waals surface area contributed by atoms with Gasteiger partial charge in [-0.3, -0.25) is 0 Å². The van der Waals surface area contributed by atoms with Crippen molar-refractivity contribution in [3.8, 4) is 0 Å². The molecule has 0 bridgehead atoms. The Kier molecular flexibility index (Phi) is 5.24. The number of ether oxygens (including phenoxy) is 2. The van der Waals surface area contributed by atoms with Crippen molar-refractivity contribution in [1.82, 2.24) is 15.1 Å². The Labute approximate surface area is 140 Å². The van der Waals surface area contributed by atoms with Crippen LogP contribution in [0.3, 0.4) is 0 Å². The number of hydrogen-bond acceptors (Lipinski definition) is 5. The molecule has 3 aliphatic rings. The summed E-state index contributed by atoms with van der Waals surface area (Å²) in [6.45, 7) is 5.04. The van der Waals surface area contributed by atoms with Gasteiger partial charge in [0.1, 0.15) is 18.6 Å². The third-order valence-electron chi connectivity index (χ3n) is 4.69. The molecule has 0 amide bonds. The van der Waals surface area contributed by atoms with Gasteiger partial charge in [-0.2, -0.15) is 13.2 Å². The average molecular weight is 347 g/mol. The van der Waals surface area contributed by atoms with E-state index in [1.807, 2.05) is 12.2 Å². The van der Waals surface area contributed by atoms with Crippen LogP contribution >= 0.6 is 0 Å². The summed E-state index contributed by atoms with van der Waals surface area (Å²) in [5, 5.41) is 3.02. The number of hydrogen-bond donors (Lipinski definition) is 1. The highest BCUT2D eigenvalue weighted by atomic mass is 19.4. The zero-order valence-electron chi connectivity index (χ0n) is 13.8. The lowest BCUT2D eigenvalue weighted by atomic mass is 10.2. The summed E-state index contributed by atoms with van der Waals surface area (Å²) in [5.41, 5.74) is 0.890. The van der Waals surface area contributed by atoms with Gasteiger partial charge in [-0.05, 0) is 25.8 Å². The Morgan fingerprint density at radius 1 is 1.21 bits per heavy atom. The lowest BCUT2D eigenvalue weighted by Gasteiger charge is -2.38. The fourth-order valence-electron chi connectivity index (χ4n) is 3.47. The Morgan fingerprint density at radius 3 is 2.79 bits per heavy atom. The summed E-state index contributed by atoms with van der Waals surface area (Å²) < 4.78 is 50.8. The van der Waals surface area contributed by atoms with Crippen molar-refractivity contribution in [2.45, 2.75) is 38.0 Å². The van der Waals surface area contributed by atoms with Gasteiger partial charge in [-0.15, -0.1) is 0 Å². The normalized spacial score (nSPS) is 33.8. The van der Waals surface area contributed by atoms with Crippen LogP contribution in [0.4, 0.5) is 13.2 Å². The van der Waals surface area contributed by atoms with E-state index >= 15 is 0 Å². The summed E-state index contributed by atoms with van der Waals surface area (Å²) in [5.74, 6) is 0.486. The van der Waals surface area contributed by atoms with Crippen LogP contribution in [-0.4, -0.2) is 67.7 Å². The molecule has 0 unspecified atom stereocenters. The van der Waals surface area contributed by atoms with Crippen LogP contribution in [0.1, 0.15) is 19.8 Å². The lowest BCUT2D eigenvalue weighted by molar-refractivity contribution is -0.172. The van der Waals surface area contributed by atoms with Crippen LogP contribution in [0.2, 0.25) is 0 Å². The number of alkyl halides is 3. The van der Waals surface area contributed by atoms with Crippen molar-refractivity contribution >= 4 is 0 Å². The molecule has 136 valence electrons. The summed E-state index contributed by atoms with van der Waals surface area (Å²) in [6, 6.07) is -1.25. The van der Waals surface area contributed by atoms with Gasteiger partial charge < -0.3 is 24.6 Å². The van der Waals surface area contributed by atoms with Crippen LogP contribution < -0.4 is 5.32 Å². The first kappa shape index (κ1) is 17.4. The fourth-order valence-corrected chi connectivity index (χ4v) is 3.47. The monoisotopic (exact) mass is 347 g/mol. The van der Waals surface area contributed by atoms with Crippen LogP contribution in [0.15, 0.2) is 23.7 Å². The molecule has 2 saturated heterocycles. The van der Waals surface area contributed by atoms with Crippen molar-refractivity contribution in [2.75, 3.05) is 39.6 Å². The van der Waals surface area contributed by atoms with Crippen molar-refractivity contribution in [1.29, 1.82) is 0 Å². The number of nitrogens with one attached hydrogen (secondary N) is 1. The molecule has 3 rings (SSSR count). The van der Waals surface area contributed by atoms with E-state index < -0.39 is 12.2 Å². The van der Waals surface area contributed by atoms with Gasteiger partial charge in [0.2, 0.25) is 0 Å². The largest absolute Gasteiger partial charge is 0.408 e. The van der Waals surface area contributed by atoms with E-state index in [1.165, 1.54) is 4.90 Å². The first-order valence-corrected chi connectivity index (χ1v) is 8.38. The zero-order chi connectivity index (χ0) is 17.2. The van der Waals surface area contributed by atoms with Gasteiger partial charge >= 0.3 is 6.18 Å². The van der Waals surface area contributed by atoms with E-state index in [4.69, 9.17) is 9.47 Å². The van der Waals surface area contributed by atoms with E-state index in [9.17, 15) is 13.2 Å². The maximum Gasteiger partial charge on any atom is 0.408 e. The Morgan fingerprint density at radius 2 is 2.04 bits per heavy atom. The molecule has 3 heterocycles. The molecule has 2 fully saturated rings. The molecule has 0 aliphatic carbocycles. The second-order valence-corrected chi connectivity index (χ2v) is 6.36. The van der Waals surface area contributed by atoms with Crippen molar-refractivity contribution < 1.29 is 22.6 Å². The van der Waals surface area contributed by atoms with Crippen molar-refractivity contribution in [2.24, 2.45) is 0 Å². The molecule has 3 aliphatic heterocycles. The molecule has 0 radical (unpaired) electrons. The van der Waals surface area contributed by atoms with E-state index in [2.05, 4.69) is 17.1 Å². The minimum Gasteiger partial charge on any atom is -0.377 e. The van der Waals surface area contributed by atoms with Gasteiger partial charge in [0.15, 0.2) is 0 Å². The quantitative estimate of drug-likeness (QED) is 0.827. The molecular weight excluding hydrogens is 323 g/mol. The molecule has 8 heteroatoms. The Hall–Kier alpha value is -1.41. The number of morpholine rings is 1. The summed E-state index contributed by atoms with van der Waals surface area (Å²) >= 11 is 0. The second kappa shape index (κ2) is 7.23. The van der Waals surface area contributed by atoms with Crippen LogP contribution in [0.5, 0.6) is 0 Å². The van der Waals surface area contributed by atoms with E-state index in [1.54, 1.807) is 0 Å². The van der Waals surface area contributed by atoms with E-state index in [0.29, 0.717) is 38.6 Å². The molecule has 0 aromatic rings. The highest BCUT2D eigenvalue weighted by Gasteiger charge is 2.46. The van der Waals surface area contributed by atoms with Crippen LogP contribution in [0.25, 0.3) is 0 Å². The topological polar surface area (TPSA) is 37.0 Å². The van der Waals surface area contributed by atoms with Gasteiger partial charge in [-0.25, -0.2) is 0 Å². The first-order valence-electron chi connectivity index (χ1n) is 8.38. The summed E-state index contributed by atoms with van der Waals surface area (Å²) in [7, 11) is 0. The van der Waals surface area contributed by atoms with Crippen molar-refractivity contribution in [3.05, 3.63) is 23.7 Å². The summed E-state index contributed by atoms with van der Waals surface area (Å²) in [6.07, 6.45) is 0.210. The first-order chi connectivity index (χ1) is 11.5. The van der Waals surface area contributed by atoms with Gasteiger partial charge in [0, 0.05) is 30.9 Å². The number of halogens is 3. The number of likely N-dealkylation sites (tertiary alicyclic amines) is 1. The number of allylic oxidation sites excluding steroid dienone is 1. The molecule has 5 nitrogen and oxygen atoms in total. The molecule has 24 heavy (non-hydrogen) atoms. The predicted molar refractivity (Wildman–Crippen MR) is 82.9 cm³/mol. The second-order valence-electron chi connectivity index (χ2n) is 6.36. The molecular formula is C16H24F3N3O2. The Balaban J connectivity index is 1.85. The van der Waals surface area contributed by atoms with Gasteiger partial charge in [0.25, 0.3) is 0 Å². The predicted octanol–water partition coefficient (Wildman–Crippen LogP) is 2.04. The van der Waals surface area contributed by atoms with E-state index in [0.717, 1.165) is 12.2 Å². The Bertz CT molecular complexity index is 507. The third-order valence-corrected chi connectivity index (χ3v) is 4.69. The minimum absolute atomic E-state index is 0.135. The fraction of sp³-hybridized carbons (Fsp3) is 0.750. The summed E-state index contributed by atoms with van der Waals surface area (Å²) in [4.78, 5) is 3.59. The highest BCUT2D eigenvalue weighted by Crippen LogP contribution is 2.35. The standard InChI is InChI=1S/C16H24F3N3O2/c1-12-10-23-8-6-21(12)13-4-7-24-11-20-15(9-13)22-5-2-3-14(22)16(17,18)19/h4,9,12,14,20H,2-3,5-8,10-11H2,1H3/b13-4+,15-9+/t12-,14-/m1/s1. The third kappa shape index (κ3) is 3.80. The molecule has 1 N–H and O–H groups in total. The SMILES string of the molecule is C[C@@H]1COCCN1C1=C/COCN/C(N2CCC[C@@H]2C(F)(F)F)=C\1. The highest BCUT2D eigenvalue weighted by molar-refractivity contribution is 5.24. The molecule has 0 aromatic heterocycles. The molecule has 0 spiro atoms. The zero-order valence-corrected chi connectivity index (χ0v) is 13.8. The van der Waals surface area contributed by atoms with Crippen LogP contribution in [0, 0.1) is 0 Å². The van der Waals surface area contributed by atoms with Crippen LogP contribution in [-0.2, 0) is 9.47 Å². The van der Waals surface area contributed by atoms with Crippen molar-refractivity contribution in [3.63, 3.8) is 0 Å². The maximum atomic E-state index is 13.3. The lowest BCUT2D eigenvalue weighted by Crippen LogP contribution is -2.46. The van der Waals surface area contributed by atoms with Gasteiger partial charge in [0.05, 0.1) is 19.8 Å². The van der Waals surface area contributed by atoms with E-state index in [-0.39, 0.29) is 19.2 Å². The minimum atomic E-state index is -4.22.